The number of anilines is 3. The van der Waals surface area contributed by atoms with Crippen LogP contribution in [-0.2, 0) is 6.54 Å². The van der Waals surface area contributed by atoms with Gasteiger partial charge in [-0.05, 0) is 49.4 Å². The summed E-state index contributed by atoms with van der Waals surface area (Å²) in [5, 5.41) is 4.21. The fourth-order valence-electron chi connectivity index (χ4n) is 5.34. The highest BCUT2D eigenvalue weighted by atomic mass is 35.5. The molecule has 0 unspecified atom stereocenters. The molecule has 1 aliphatic rings. The summed E-state index contributed by atoms with van der Waals surface area (Å²) in [6.45, 7) is 8.84. The van der Waals surface area contributed by atoms with E-state index in [4.69, 9.17) is 11.6 Å². The van der Waals surface area contributed by atoms with E-state index in [2.05, 4.69) is 42.0 Å². The summed E-state index contributed by atoms with van der Waals surface area (Å²) < 4.78 is 16.7. The summed E-state index contributed by atoms with van der Waals surface area (Å²) in [4.78, 5) is 35.2. The predicted octanol–water partition coefficient (Wildman–Crippen LogP) is 5.61. The third-order valence-electron chi connectivity index (χ3n) is 7.66. The van der Waals surface area contributed by atoms with Gasteiger partial charge in [0.2, 0.25) is 5.95 Å². The molecule has 42 heavy (non-hydrogen) atoms. The van der Waals surface area contributed by atoms with E-state index in [1.165, 1.54) is 12.4 Å². The third-order valence-corrected chi connectivity index (χ3v) is 7.97. The maximum atomic E-state index is 15.1. The lowest BCUT2D eigenvalue weighted by atomic mass is 10.0. The highest BCUT2D eigenvalue weighted by molar-refractivity contribution is 6.33. The summed E-state index contributed by atoms with van der Waals surface area (Å²) in [5.74, 6) is -0.0310. The van der Waals surface area contributed by atoms with E-state index in [-0.39, 0.29) is 17.3 Å². The number of hydrogen-bond acceptors (Lipinski definition) is 8. The van der Waals surface area contributed by atoms with E-state index in [9.17, 15) is 4.79 Å². The molecule has 0 amide bonds. The Labute approximate surface area is 247 Å². The van der Waals surface area contributed by atoms with Crippen LogP contribution in [0.2, 0.25) is 5.02 Å². The first kappa shape index (κ1) is 27.7. The van der Waals surface area contributed by atoms with E-state index in [1.807, 2.05) is 25.1 Å². The lowest BCUT2D eigenvalue weighted by molar-refractivity contribution is 0.270. The molecule has 3 aromatic heterocycles. The zero-order valence-corrected chi connectivity index (χ0v) is 24.1. The Hall–Kier alpha value is -4.41. The number of rotatable bonds is 7. The Kier molecular flexibility index (Phi) is 7.82. The quantitative estimate of drug-likeness (QED) is 0.264. The fraction of sp³-hybridized carbons (Fsp3) is 0.258. The smallest absolute Gasteiger partial charge is 0.260 e. The Balaban J connectivity index is 1.28. The molecule has 0 saturated carbocycles. The van der Waals surface area contributed by atoms with Crippen molar-refractivity contribution in [1.82, 2.24) is 29.4 Å². The standard InChI is InChI=1S/C31H30ClFN8O/c1-3-39-9-11-40(12-10-39)28-8-6-23(15-27(28)33)37-31-36-18-21-13-25(30(42)41(4-2)29(21)38-31)24-7-5-20(14-26(24)32)22-16-34-19-35-17-22/h5-8,13-19H,3-4,9-12H2,1-2H3,(H,36,37,38). The van der Waals surface area contributed by atoms with Crippen LogP contribution in [0.25, 0.3) is 33.3 Å². The third kappa shape index (κ3) is 5.43. The van der Waals surface area contributed by atoms with Crippen LogP contribution in [0.15, 0.2) is 72.2 Å². The number of pyridine rings is 1. The van der Waals surface area contributed by atoms with Crippen LogP contribution in [0.4, 0.5) is 21.7 Å². The molecule has 5 aromatic rings. The van der Waals surface area contributed by atoms with Crippen LogP contribution in [0, 0.1) is 5.82 Å². The van der Waals surface area contributed by atoms with Crippen molar-refractivity contribution < 1.29 is 4.39 Å². The molecule has 9 nitrogen and oxygen atoms in total. The topological polar surface area (TPSA) is 92.1 Å². The summed E-state index contributed by atoms with van der Waals surface area (Å²) in [7, 11) is 0. The summed E-state index contributed by atoms with van der Waals surface area (Å²) >= 11 is 6.67. The largest absolute Gasteiger partial charge is 0.367 e. The monoisotopic (exact) mass is 584 g/mol. The molecule has 6 rings (SSSR count). The first-order valence-electron chi connectivity index (χ1n) is 13.9. The van der Waals surface area contributed by atoms with Crippen LogP contribution >= 0.6 is 11.6 Å². The van der Waals surface area contributed by atoms with Crippen LogP contribution < -0.4 is 15.8 Å². The van der Waals surface area contributed by atoms with Gasteiger partial charge < -0.3 is 15.1 Å². The second kappa shape index (κ2) is 11.8. The Morgan fingerprint density at radius 2 is 1.69 bits per heavy atom. The minimum absolute atomic E-state index is 0.217. The minimum Gasteiger partial charge on any atom is -0.367 e. The highest BCUT2D eigenvalue weighted by Crippen LogP contribution is 2.32. The number of aromatic nitrogens is 5. The van der Waals surface area contributed by atoms with E-state index in [0.717, 1.165) is 43.9 Å². The number of nitrogens with zero attached hydrogens (tertiary/aromatic N) is 7. The molecule has 1 saturated heterocycles. The summed E-state index contributed by atoms with van der Waals surface area (Å²) in [6, 6.07) is 12.3. The van der Waals surface area contributed by atoms with Gasteiger partial charge in [-0.1, -0.05) is 30.7 Å². The van der Waals surface area contributed by atoms with Gasteiger partial charge in [0.05, 0.1) is 5.69 Å². The first-order chi connectivity index (χ1) is 20.4. The normalized spacial score (nSPS) is 14.0. The first-order valence-corrected chi connectivity index (χ1v) is 14.3. The van der Waals surface area contributed by atoms with E-state index in [0.29, 0.717) is 45.1 Å². The molecule has 0 spiro atoms. The number of benzene rings is 2. The van der Waals surface area contributed by atoms with E-state index >= 15 is 4.39 Å². The predicted molar refractivity (Wildman–Crippen MR) is 165 cm³/mol. The van der Waals surface area contributed by atoms with Gasteiger partial charge in [0, 0.05) is 84.1 Å². The zero-order valence-electron chi connectivity index (χ0n) is 23.4. The fourth-order valence-corrected chi connectivity index (χ4v) is 5.62. The van der Waals surface area contributed by atoms with Gasteiger partial charge in [0.15, 0.2) is 0 Å². The van der Waals surface area contributed by atoms with Crippen molar-refractivity contribution in [3.63, 3.8) is 0 Å². The molecule has 1 aliphatic heterocycles. The number of likely N-dealkylation sites (N-methyl/N-ethyl adjacent to an activating group) is 1. The van der Waals surface area contributed by atoms with Gasteiger partial charge in [-0.25, -0.2) is 19.3 Å². The van der Waals surface area contributed by atoms with Gasteiger partial charge >= 0.3 is 0 Å². The zero-order chi connectivity index (χ0) is 29.2. The molecule has 11 heteroatoms. The molecular formula is C31H30ClFN8O. The molecule has 0 atom stereocenters. The number of halogens is 2. The summed E-state index contributed by atoms with van der Waals surface area (Å²) in [5.41, 5.74) is 4.12. The van der Waals surface area contributed by atoms with Crippen molar-refractivity contribution in [2.75, 3.05) is 42.9 Å². The average molecular weight is 585 g/mol. The van der Waals surface area contributed by atoms with Crippen molar-refractivity contribution in [2.45, 2.75) is 20.4 Å². The number of fused-ring (bicyclic) bond motifs is 1. The molecule has 4 heterocycles. The number of hydrogen-bond donors (Lipinski definition) is 1. The molecule has 0 aliphatic carbocycles. The molecule has 0 bridgehead atoms. The van der Waals surface area contributed by atoms with Gasteiger partial charge in [-0.3, -0.25) is 9.36 Å². The molecule has 1 fully saturated rings. The average Bonchev–Trinajstić information content (AvgIpc) is 3.02. The number of aryl methyl sites for hydroxylation is 1. The van der Waals surface area contributed by atoms with Crippen molar-refractivity contribution in [1.29, 1.82) is 0 Å². The van der Waals surface area contributed by atoms with Crippen molar-refractivity contribution >= 4 is 40.0 Å². The Morgan fingerprint density at radius 1 is 0.905 bits per heavy atom. The second-order valence-electron chi connectivity index (χ2n) is 10.1. The second-order valence-corrected chi connectivity index (χ2v) is 10.5. The summed E-state index contributed by atoms with van der Waals surface area (Å²) in [6.07, 6.45) is 6.54. The van der Waals surface area contributed by atoms with Gasteiger partial charge in [0.1, 0.15) is 17.8 Å². The molecule has 2 aromatic carbocycles. The van der Waals surface area contributed by atoms with Crippen LogP contribution in [-0.4, -0.2) is 62.1 Å². The Bertz CT molecular complexity index is 1810. The van der Waals surface area contributed by atoms with Gasteiger partial charge in [-0.2, -0.15) is 4.98 Å². The van der Waals surface area contributed by atoms with Crippen molar-refractivity contribution in [3.8, 4) is 22.3 Å². The molecular weight excluding hydrogens is 555 g/mol. The maximum absolute atomic E-state index is 15.1. The van der Waals surface area contributed by atoms with Gasteiger partial charge in [0.25, 0.3) is 5.56 Å². The molecule has 1 N–H and O–H groups in total. The maximum Gasteiger partial charge on any atom is 0.260 e. The Morgan fingerprint density at radius 3 is 2.38 bits per heavy atom. The lowest BCUT2D eigenvalue weighted by Gasteiger charge is -2.35. The minimum atomic E-state index is -0.302. The molecule has 214 valence electrons. The van der Waals surface area contributed by atoms with Crippen LogP contribution in [0.3, 0.4) is 0 Å². The number of piperazine rings is 1. The highest BCUT2D eigenvalue weighted by Gasteiger charge is 2.19. The van der Waals surface area contributed by atoms with Gasteiger partial charge in [-0.15, -0.1) is 0 Å². The lowest BCUT2D eigenvalue weighted by Crippen LogP contribution is -2.46. The molecule has 0 radical (unpaired) electrons. The van der Waals surface area contributed by atoms with Crippen molar-refractivity contribution in [2.24, 2.45) is 0 Å². The van der Waals surface area contributed by atoms with Crippen molar-refractivity contribution in [3.05, 3.63) is 88.6 Å². The van der Waals surface area contributed by atoms with E-state index in [1.54, 1.807) is 41.4 Å². The van der Waals surface area contributed by atoms with Crippen LogP contribution in [0.5, 0.6) is 0 Å². The van der Waals surface area contributed by atoms with E-state index < -0.39 is 0 Å². The SMILES string of the molecule is CCN1CCN(c2ccc(Nc3ncc4cc(-c5ccc(-c6cncnc6)cc5Cl)c(=O)n(CC)c4n3)cc2F)CC1. The number of nitrogens with one attached hydrogen (secondary N) is 1. The van der Waals surface area contributed by atoms with Crippen LogP contribution in [0.1, 0.15) is 13.8 Å².